The number of halogens is 1. The number of pyridine rings is 1. The first-order valence-electron chi connectivity index (χ1n) is 6.56. The van der Waals surface area contributed by atoms with Gasteiger partial charge in [0.15, 0.2) is 0 Å². The van der Waals surface area contributed by atoms with Crippen LogP contribution in [-0.2, 0) is 11.2 Å². The maximum atomic E-state index is 13.6. The van der Waals surface area contributed by atoms with E-state index in [0.29, 0.717) is 24.5 Å². The van der Waals surface area contributed by atoms with Crippen LogP contribution in [-0.4, -0.2) is 17.8 Å². The third kappa shape index (κ3) is 2.99. The first kappa shape index (κ1) is 13.3. The SMILES string of the molecule is CC(C)Cc1cc(F)cn([C@H]2CCCOC2)c1=O. The number of hydrogen-bond acceptors (Lipinski definition) is 2. The van der Waals surface area contributed by atoms with Crippen LogP contribution in [0.2, 0.25) is 0 Å². The van der Waals surface area contributed by atoms with E-state index in [9.17, 15) is 9.18 Å². The zero-order chi connectivity index (χ0) is 13.1. The van der Waals surface area contributed by atoms with Gasteiger partial charge < -0.3 is 9.30 Å². The van der Waals surface area contributed by atoms with Gasteiger partial charge in [0.2, 0.25) is 0 Å². The predicted octanol–water partition coefficient (Wildman–Crippen LogP) is 2.54. The summed E-state index contributed by atoms with van der Waals surface area (Å²) in [4.78, 5) is 12.3. The standard InChI is InChI=1S/C14H20FNO2/c1-10(2)6-11-7-12(15)8-16(14(11)17)13-4-3-5-18-9-13/h7-8,10,13H,3-6,9H2,1-2H3/t13-/m0/s1. The van der Waals surface area contributed by atoms with Gasteiger partial charge in [-0.25, -0.2) is 4.39 Å². The summed E-state index contributed by atoms with van der Waals surface area (Å²) in [5, 5.41) is 0. The average molecular weight is 253 g/mol. The van der Waals surface area contributed by atoms with Crippen LogP contribution in [0.3, 0.4) is 0 Å². The monoisotopic (exact) mass is 253 g/mol. The lowest BCUT2D eigenvalue weighted by atomic mass is 10.0. The third-order valence-electron chi connectivity index (χ3n) is 3.24. The van der Waals surface area contributed by atoms with Gasteiger partial charge in [0, 0.05) is 18.4 Å². The molecule has 0 spiro atoms. The number of aromatic nitrogens is 1. The molecule has 1 fully saturated rings. The van der Waals surface area contributed by atoms with Gasteiger partial charge in [-0.1, -0.05) is 13.8 Å². The lowest BCUT2D eigenvalue weighted by molar-refractivity contribution is 0.0575. The molecule has 18 heavy (non-hydrogen) atoms. The molecule has 0 aliphatic carbocycles. The van der Waals surface area contributed by atoms with Crippen LogP contribution in [0.5, 0.6) is 0 Å². The Balaban J connectivity index is 2.34. The van der Waals surface area contributed by atoms with Gasteiger partial charge in [0.05, 0.1) is 12.6 Å². The van der Waals surface area contributed by atoms with E-state index >= 15 is 0 Å². The molecule has 2 heterocycles. The van der Waals surface area contributed by atoms with E-state index in [1.807, 2.05) is 13.8 Å². The first-order valence-corrected chi connectivity index (χ1v) is 6.56. The molecule has 3 nitrogen and oxygen atoms in total. The van der Waals surface area contributed by atoms with E-state index in [4.69, 9.17) is 4.74 Å². The van der Waals surface area contributed by atoms with Gasteiger partial charge in [-0.15, -0.1) is 0 Å². The van der Waals surface area contributed by atoms with Crippen molar-refractivity contribution in [3.8, 4) is 0 Å². The van der Waals surface area contributed by atoms with Crippen molar-refractivity contribution in [3.63, 3.8) is 0 Å². The van der Waals surface area contributed by atoms with Crippen LogP contribution in [0, 0.1) is 11.7 Å². The Morgan fingerprint density at radius 1 is 1.56 bits per heavy atom. The number of nitrogens with zero attached hydrogens (tertiary/aromatic N) is 1. The summed E-state index contributed by atoms with van der Waals surface area (Å²) in [6.45, 7) is 5.29. The normalized spacial score (nSPS) is 20.3. The molecule has 100 valence electrons. The Kier molecular flexibility index (Phi) is 4.17. The van der Waals surface area contributed by atoms with E-state index in [0.717, 1.165) is 19.4 Å². The largest absolute Gasteiger partial charge is 0.379 e. The van der Waals surface area contributed by atoms with Gasteiger partial charge in [-0.3, -0.25) is 4.79 Å². The summed E-state index contributed by atoms with van der Waals surface area (Å²) < 4.78 is 20.5. The Morgan fingerprint density at radius 3 is 2.94 bits per heavy atom. The fraction of sp³-hybridized carbons (Fsp3) is 0.643. The minimum Gasteiger partial charge on any atom is -0.379 e. The highest BCUT2D eigenvalue weighted by molar-refractivity contribution is 5.13. The molecule has 2 rings (SSSR count). The molecule has 0 aromatic carbocycles. The molecule has 0 N–H and O–H groups in total. The van der Waals surface area contributed by atoms with Crippen molar-refractivity contribution in [3.05, 3.63) is 34.0 Å². The van der Waals surface area contributed by atoms with E-state index in [-0.39, 0.29) is 17.4 Å². The molecule has 1 aromatic rings. The molecule has 1 aliphatic heterocycles. The fourth-order valence-corrected chi connectivity index (χ4v) is 2.42. The Morgan fingerprint density at radius 2 is 2.33 bits per heavy atom. The topological polar surface area (TPSA) is 31.2 Å². The maximum absolute atomic E-state index is 13.6. The molecular weight excluding hydrogens is 233 g/mol. The molecule has 1 atom stereocenters. The van der Waals surface area contributed by atoms with Crippen LogP contribution in [0.15, 0.2) is 17.1 Å². The fourth-order valence-electron chi connectivity index (χ4n) is 2.42. The number of rotatable bonds is 3. The summed E-state index contributed by atoms with van der Waals surface area (Å²) >= 11 is 0. The van der Waals surface area contributed by atoms with Crippen molar-refractivity contribution >= 4 is 0 Å². The summed E-state index contributed by atoms with van der Waals surface area (Å²) in [6, 6.07) is 1.34. The van der Waals surface area contributed by atoms with Crippen LogP contribution < -0.4 is 5.56 Å². The van der Waals surface area contributed by atoms with E-state index in [1.165, 1.54) is 16.8 Å². The molecule has 0 bridgehead atoms. The lowest BCUT2D eigenvalue weighted by Gasteiger charge is -2.24. The molecule has 1 aliphatic rings. The summed E-state index contributed by atoms with van der Waals surface area (Å²) in [6.07, 6.45) is 3.73. The molecule has 0 amide bonds. The number of hydrogen-bond donors (Lipinski definition) is 0. The van der Waals surface area contributed by atoms with Crippen molar-refractivity contribution in [2.45, 2.75) is 39.2 Å². The Labute approximate surface area is 107 Å². The summed E-state index contributed by atoms with van der Waals surface area (Å²) in [5.74, 6) is 0.00591. The van der Waals surface area contributed by atoms with E-state index in [1.54, 1.807) is 0 Å². The smallest absolute Gasteiger partial charge is 0.254 e. The van der Waals surface area contributed by atoms with Crippen molar-refractivity contribution in [2.24, 2.45) is 5.92 Å². The van der Waals surface area contributed by atoms with Crippen LogP contribution in [0.1, 0.15) is 38.3 Å². The highest BCUT2D eigenvalue weighted by Crippen LogP contribution is 2.18. The van der Waals surface area contributed by atoms with Gasteiger partial charge in [-0.2, -0.15) is 0 Å². The zero-order valence-corrected chi connectivity index (χ0v) is 11.0. The third-order valence-corrected chi connectivity index (χ3v) is 3.24. The minimum absolute atomic E-state index is 0.0205. The maximum Gasteiger partial charge on any atom is 0.254 e. The second kappa shape index (κ2) is 5.65. The quantitative estimate of drug-likeness (QED) is 0.829. The van der Waals surface area contributed by atoms with Crippen LogP contribution >= 0.6 is 0 Å². The van der Waals surface area contributed by atoms with Gasteiger partial charge >= 0.3 is 0 Å². The molecule has 1 saturated heterocycles. The van der Waals surface area contributed by atoms with Crippen molar-refractivity contribution in [1.82, 2.24) is 4.57 Å². The Bertz CT molecular complexity index is 461. The zero-order valence-electron chi connectivity index (χ0n) is 11.0. The molecule has 1 aromatic heterocycles. The van der Waals surface area contributed by atoms with Crippen molar-refractivity contribution < 1.29 is 9.13 Å². The van der Waals surface area contributed by atoms with Gasteiger partial charge in [-0.05, 0) is 31.2 Å². The number of ether oxygens (including phenoxy) is 1. The van der Waals surface area contributed by atoms with E-state index < -0.39 is 0 Å². The minimum atomic E-state index is -0.337. The summed E-state index contributed by atoms with van der Waals surface area (Å²) in [7, 11) is 0. The molecule has 4 heteroatoms. The lowest BCUT2D eigenvalue weighted by Crippen LogP contribution is -2.32. The summed E-state index contributed by atoms with van der Waals surface area (Å²) in [5.41, 5.74) is 0.496. The van der Waals surface area contributed by atoms with Gasteiger partial charge in [0.25, 0.3) is 5.56 Å². The Hall–Kier alpha value is -1.16. The highest BCUT2D eigenvalue weighted by atomic mass is 19.1. The molecule has 0 unspecified atom stereocenters. The predicted molar refractivity (Wildman–Crippen MR) is 68.3 cm³/mol. The highest BCUT2D eigenvalue weighted by Gasteiger charge is 2.19. The molecular formula is C14H20FNO2. The second-order valence-electron chi connectivity index (χ2n) is 5.36. The second-order valence-corrected chi connectivity index (χ2v) is 5.36. The van der Waals surface area contributed by atoms with Gasteiger partial charge in [0.1, 0.15) is 5.82 Å². The average Bonchev–Trinajstić information content (AvgIpc) is 2.34. The van der Waals surface area contributed by atoms with Crippen molar-refractivity contribution in [2.75, 3.05) is 13.2 Å². The van der Waals surface area contributed by atoms with Crippen molar-refractivity contribution in [1.29, 1.82) is 0 Å². The van der Waals surface area contributed by atoms with E-state index in [2.05, 4.69) is 0 Å². The first-order chi connectivity index (χ1) is 8.58. The van der Waals surface area contributed by atoms with Crippen LogP contribution in [0.4, 0.5) is 4.39 Å². The molecule has 0 saturated carbocycles. The molecule has 0 radical (unpaired) electrons. The van der Waals surface area contributed by atoms with Crippen LogP contribution in [0.25, 0.3) is 0 Å².